The Labute approximate surface area is 301 Å². The van der Waals surface area contributed by atoms with Crippen LogP contribution in [0.2, 0.25) is 0 Å². The van der Waals surface area contributed by atoms with Gasteiger partial charge in [-0.3, -0.25) is 14.6 Å². The maximum atomic E-state index is 13.2. The summed E-state index contributed by atoms with van der Waals surface area (Å²) in [7, 11) is 1.84. The molecule has 9 nitrogen and oxygen atoms in total. The van der Waals surface area contributed by atoms with Gasteiger partial charge in [0.15, 0.2) is 0 Å². The average molecular weight is 704 g/mol. The smallest absolute Gasteiger partial charge is 0.230 e. The van der Waals surface area contributed by atoms with Crippen LogP contribution in [0, 0.1) is 5.92 Å². The maximum Gasteiger partial charge on any atom is 0.230 e. The molecule has 1 heterocycles. The number of allylic oxidation sites excluding steroid dienone is 1. The first-order chi connectivity index (χ1) is 23.8. The molecule has 1 saturated carbocycles. The van der Waals surface area contributed by atoms with Gasteiger partial charge in [-0.1, -0.05) is 66.8 Å². The highest BCUT2D eigenvalue weighted by molar-refractivity contribution is 8.17. The third-order valence-corrected chi connectivity index (χ3v) is 11.2. The topological polar surface area (TPSA) is 103 Å². The minimum atomic E-state index is -0.0911. The molecule has 2 unspecified atom stereocenters. The average Bonchev–Trinajstić information content (AvgIpc) is 3.57. The number of amides is 2. The molecule has 3 aromatic rings. The van der Waals surface area contributed by atoms with Gasteiger partial charge in [-0.2, -0.15) is 0 Å². The Morgan fingerprint density at radius 1 is 0.898 bits per heavy atom. The lowest BCUT2D eigenvalue weighted by Crippen LogP contribution is -2.26. The fourth-order valence-corrected chi connectivity index (χ4v) is 8.46. The summed E-state index contributed by atoms with van der Waals surface area (Å²) < 4.78 is 0. The summed E-state index contributed by atoms with van der Waals surface area (Å²) in [5, 5.41) is 18.3. The summed E-state index contributed by atoms with van der Waals surface area (Å²) in [6.07, 6.45) is 7.52. The van der Waals surface area contributed by atoms with E-state index in [9.17, 15) is 9.59 Å². The first kappa shape index (κ1) is 38.1. The van der Waals surface area contributed by atoms with Gasteiger partial charge in [0.25, 0.3) is 0 Å². The maximum absolute atomic E-state index is 13.2. The normalized spacial score (nSPS) is 16.7. The van der Waals surface area contributed by atoms with E-state index < -0.39 is 0 Å². The zero-order valence-electron chi connectivity index (χ0n) is 30.0. The van der Waals surface area contributed by atoms with Crippen molar-refractivity contribution in [1.82, 2.24) is 15.5 Å². The van der Waals surface area contributed by atoms with Crippen LogP contribution < -0.4 is 20.4 Å². The Morgan fingerprint density at radius 2 is 1.51 bits per heavy atom. The lowest BCUT2D eigenvalue weighted by molar-refractivity contribution is -0.119. The van der Waals surface area contributed by atoms with Crippen molar-refractivity contribution in [2.45, 2.75) is 85.5 Å². The van der Waals surface area contributed by atoms with Gasteiger partial charge < -0.3 is 20.4 Å². The Morgan fingerprint density at radius 3 is 2.08 bits per heavy atom. The second-order valence-corrected chi connectivity index (χ2v) is 14.4. The molecule has 2 aromatic carbocycles. The van der Waals surface area contributed by atoms with Crippen molar-refractivity contribution in [2.24, 2.45) is 10.9 Å². The number of hydrogen-bond acceptors (Lipinski definition) is 9. The second kappa shape index (κ2) is 19.5. The zero-order chi connectivity index (χ0) is 35.2. The van der Waals surface area contributed by atoms with E-state index in [0.717, 1.165) is 95.9 Å². The van der Waals surface area contributed by atoms with Crippen molar-refractivity contribution in [3.63, 3.8) is 0 Å². The molecule has 264 valence electrons. The van der Waals surface area contributed by atoms with Crippen LogP contribution in [0.3, 0.4) is 0 Å². The molecule has 0 spiro atoms. The monoisotopic (exact) mass is 703 g/mol. The van der Waals surface area contributed by atoms with Crippen LogP contribution in [0.4, 0.5) is 16.5 Å². The number of nitrogens with zero attached hydrogens (tertiary/aromatic N) is 5. The number of nitrogens with one attached hydrogen (secondary N) is 2. The van der Waals surface area contributed by atoms with Crippen LogP contribution in [-0.2, 0) is 22.4 Å². The molecule has 1 aliphatic rings. The van der Waals surface area contributed by atoms with Gasteiger partial charge >= 0.3 is 0 Å². The molecule has 49 heavy (non-hydrogen) atoms. The van der Waals surface area contributed by atoms with Crippen LogP contribution in [0.25, 0.3) is 0 Å². The molecule has 0 aliphatic heterocycles. The largest absolute Gasteiger partial charge is 0.372 e. The molecule has 1 fully saturated rings. The summed E-state index contributed by atoms with van der Waals surface area (Å²) in [6, 6.07) is 16.4. The molecule has 1 aromatic heterocycles. The van der Waals surface area contributed by atoms with Crippen molar-refractivity contribution in [2.75, 3.05) is 48.3 Å². The van der Waals surface area contributed by atoms with E-state index in [2.05, 4.69) is 95.6 Å². The number of benzene rings is 2. The van der Waals surface area contributed by atoms with Gasteiger partial charge in [0.1, 0.15) is 5.01 Å². The Balaban J connectivity index is 1.33. The van der Waals surface area contributed by atoms with Crippen LogP contribution in [0.1, 0.15) is 88.8 Å². The predicted molar refractivity (Wildman–Crippen MR) is 208 cm³/mol. The molecule has 0 radical (unpaired) electrons. The molecule has 0 bridgehead atoms. The number of aromatic nitrogens is 2. The molecular formula is C38H53N7O2S2. The molecule has 2 amide bonds. The number of carbonyl (C=O) groups is 2. The molecule has 1 aliphatic carbocycles. The SMILES string of the molecule is CCC=C(NC(=O)Cc1cccc(N(CC)CC)c1)SC(=NC)C1CCCC(c2nnc(NC(=O)Cc3cccc(N(CC)CC)c3)s2)C1. The number of hydrogen-bond donors (Lipinski definition) is 2. The first-order valence-electron chi connectivity index (χ1n) is 17.8. The summed E-state index contributed by atoms with van der Waals surface area (Å²) in [5.74, 6) is 0.389. The second-order valence-electron chi connectivity index (χ2n) is 12.3. The Bertz CT molecular complexity index is 1580. The van der Waals surface area contributed by atoms with Crippen molar-refractivity contribution in [3.05, 3.63) is 75.8 Å². The molecule has 2 N–H and O–H groups in total. The quantitative estimate of drug-likeness (QED) is 0.115. The third kappa shape index (κ3) is 11.2. The van der Waals surface area contributed by atoms with Gasteiger partial charge in [-0.25, -0.2) is 0 Å². The third-order valence-electron chi connectivity index (χ3n) is 8.95. The standard InChI is InChI=1S/C38H53N7O2S2/c1-7-15-35(40-33(46)24-27-16-12-20-31(22-27)44(8-2)9-3)48-36(39-6)29-18-14-19-30(26-29)37-42-43-38(49-37)41-34(47)25-28-17-13-21-32(23-28)45(10-4)11-5/h12-13,15-17,20-23,29-30H,7-11,14,18-19,24-26H2,1-6H3,(H,40,46)(H,41,43,47). The van der Waals surface area contributed by atoms with E-state index in [0.29, 0.717) is 11.6 Å². The van der Waals surface area contributed by atoms with Crippen LogP contribution >= 0.6 is 23.1 Å². The number of thioether (sulfide) groups is 1. The van der Waals surface area contributed by atoms with Gasteiger partial charge in [0.2, 0.25) is 16.9 Å². The number of rotatable bonds is 16. The number of carbonyl (C=O) groups excluding carboxylic acids is 2. The van der Waals surface area contributed by atoms with Crippen molar-refractivity contribution < 1.29 is 9.59 Å². The van der Waals surface area contributed by atoms with Gasteiger partial charge in [-0.15, -0.1) is 10.2 Å². The summed E-state index contributed by atoms with van der Waals surface area (Å²) >= 11 is 3.04. The molecular weight excluding hydrogens is 651 g/mol. The lowest BCUT2D eigenvalue weighted by atomic mass is 9.82. The van der Waals surface area contributed by atoms with Gasteiger partial charge in [0.05, 0.1) is 22.9 Å². The number of anilines is 3. The van der Waals surface area contributed by atoms with Gasteiger partial charge in [-0.05, 0) is 88.8 Å². The highest BCUT2D eigenvalue weighted by Gasteiger charge is 2.30. The molecule has 11 heteroatoms. The highest BCUT2D eigenvalue weighted by atomic mass is 32.2. The summed E-state index contributed by atoms with van der Waals surface area (Å²) in [4.78, 5) is 35.4. The van der Waals surface area contributed by atoms with E-state index in [4.69, 9.17) is 4.99 Å². The van der Waals surface area contributed by atoms with Crippen LogP contribution in [0.15, 0.2) is 64.6 Å². The van der Waals surface area contributed by atoms with Crippen molar-refractivity contribution in [3.8, 4) is 0 Å². The van der Waals surface area contributed by atoms with Crippen molar-refractivity contribution >= 4 is 56.5 Å². The predicted octanol–water partition coefficient (Wildman–Crippen LogP) is 8.06. The highest BCUT2D eigenvalue weighted by Crippen LogP contribution is 2.41. The fourth-order valence-electron chi connectivity index (χ4n) is 6.44. The lowest BCUT2D eigenvalue weighted by Gasteiger charge is -2.28. The van der Waals surface area contributed by atoms with E-state index in [1.807, 2.05) is 31.3 Å². The minimum absolute atomic E-state index is 0.0269. The first-order valence-corrected chi connectivity index (χ1v) is 19.4. The minimum Gasteiger partial charge on any atom is -0.372 e. The van der Waals surface area contributed by atoms with E-state index >= 15 is 0 Å². The van der Waals surface area contributed by atoms with E-state index in [1.165, 1.54) is 11.3 Å². The van der Waals surface area contributed by atoms with E-state index in [-0.39, 0.29) is 30.1 Å². The number of aliphatic imine (C=N–C) groups is 1. The Kier molecular flexibility index (Phi) is 15.1. The molecule has 2 atom stereocenters. The zero-order valence-corrected chi connectivity index (χ0v) is 31.6. The van der Waals surface area contributed by atoms with Crippen LogP contribution in [0.5, 0.6) is 0 Å². The summed E-state index contributed by atoms with van der Waals surface area (Å²) in [5.41, 5.74) is 4.25. The van der Waals surface area contributed by atoms with E-state index in [1.54, 1.807) is 11.8 Å². The fraction of sp³-hybridized carbons (Fsp3) is 0.500. The summed E-state index contributed by atoms with van der Waals surface area (Å²) in [6.45, 7) is 14.3. The molecule has 4 rings (SSSR count). The van der Waals surface area contributed by atoms with Crippen LogP contribution in [-0.4, -0.2) is 60.3 Å². The van der Waals surface area contributed by atoms with Gasteiger partial charge in [0, 0.05) is 56.4 Å². The van der Waals surface area contributed by atoms with Crippen molar-refractivity contribution in [1.29, 1.82) is 0 Å². The Hall–Kier alpha value is -3.70. The molecule has 0 saturated heterocycles.